The maximum atomic E-state index is 12.6. The molecule has 4 rings (SSSR count). The summed E-state index contributed by atoms with van der Waals surface area (Å²) >= 11 is 0. The van der Waals surface area contributed by atoms with Crippen LogP contribution in [-0.4, -0.2) is 63.9 Å². The van der Waals surface area contributed by atoms with Crippen molar-refractivity contribution in [3.05, 3.63) is 42.5 Å². The minimum absolute atomic E-state index is 0.0922. The molecule has 1 amide bonds. The van der Waals surface area contributed by atoms with Gasteiger partial charge in [-0.1, -0.05) is 12.1 Å². The highest BCUT2D eigenvalue weighted by Crippen LogP contribution is 2.32. The number of carbonyl (C=O) groups is 1. The molecule has 2 aliphatic rings. The number of benzene rings is 2. The van der Waals surface area contributed by atoms with E-state index in [1.165, 1.54) is 0 Å². The molecule has 0 atom stereocenters. The van der Waals surface area contributed by atoms with E-state index in [1.54, 1.807) is 7.11 Å². The molecule has 2 aromatic carbocycles. The maximum Gasteiger partial charge on any atom is 0.241 e. The molecule has 0 aliphatic carbocycles. The molecular weight excluding hydrogens is 358 g/mol. The number of piperazine rings is 1. The monoisotopic (exact) mass is 383 g/mol. The maximum absolute atomic E-state index is 12.6. The minimum atomic E-state index is 0.0922. The number of para-hydroxylation sites is 2. The number of fused-ring (bicyclic) bond motifs is 1. The molecule has 0 radical (unpaired) electrons. The summed E-state index contributed by atoms with van der Waals surface area (Å²) in [4.78, 5) is 16.8. The largest absolute Gasteiger partial charge is 0.495 e. The van der Waals surface area contributed by atoms with Crippen molar-refractivity contribution in [2.75, 3.05) is 63.3 Å². The Kier molecular flexibility index (Phi) is 5.41. The van der Waals surface area contributed by atoms with E-state index in [0.717, 1.165) is 36.0 Å². The van der Waals surface area contributed by atoms with Gasteiger partial charge in [0.05, 0.1) is 19.3 Å². The summed E-state index contributed by atoms with van der Waals surface area (Å²) in [6, 6.07) is 13.6. The third kappa shape index (κ3) is 3.93. The number of hydrogen-bond acceptors (Lipinski definition) is 6. The van der Waals surface area contributed by atoms with Crippen LogP contribution in [0.25, 0.3) is 0 Å². The zero-order valence-electron chi connectivity index (χ0n) is 16.0. The van der Waals surface area contributed by atoms with Crippen LogP contribution < -0.4 is 24.4 Å². The van der Waals surface area contributed by atoms with Gasteiger partial charge < -0.3 is 29.3 Å². The third-order valence-electron chi connectivity index (χ3n) is 5.04. The molecule has 2 aliphatic heterocycles. The van der Waals surface area contributed by atoms with Gasteiger partial charge >= 0.3 is 0 Å². The first-order valence-corrected chi connectivity index (χ1v) is 9.54. The fourth-order valence-electron chi connectivity index (χ4n) is 3.53. The molecular formula is C21H25N3O4. The van der Waals surface area contributed by atoms with Crippen LogP contribution in [0.3, 0.4) is 0 Å². The molecule has 7 nitrogen and oxygen atoms in total. The number of amides is 1. The van der Waals surface area contributed by atoms with Crippen LogP contribution in [0.4, 0.5) is 11.4 Å². The first kappa shape index (κ1) is 18.3. The van der Waals surface area contributed by atoms with Crippen molar-refractivity contribution in [1.29, 1.82) is 0 Å². The summed E-state index contributed by atoms with van der Waals surface area (Å²) in [6.07, 6.45) is 0. The van der Waals surface area contributed by atoms with Gasteiger partial charge in [0.1, 0.15) is 19.0 Å². The lowest BCUT2D eigenvalue weighted by molar-refractivity contribution is -0.129. The van der Waals surface area contributed by atoms with Crippen molar-refractivity contribution in [1.82, 2.24) is 4.90 Å². The van der Waals surface area contributed by atoms with E-state index < -0.39 is 0 Å². The van der Waals surface area contributed by atoms with E-state index in [9.17, 15) is 4.79 Å². The van der Waals surface area contributed by atoms with E-state index in [4.69, 9.17) is 14.2 Å². The zero-order valence-corrected chi connectivity index (χ0v) is 16.0. The Morgan fingerprint density at radius 2 is 1.79 bits per heavy atom. The van der Waals surface area contributed by atoms with E-state index in [0.29, 0.717) is 32.1 Å². The number of rotatable bonds is 5. The number of carbonyl (C=O) groups excluding carboxylic acids is 1. The van der Waals surface area contributed by atoms with E-state index in [1.807, 2.05) is 41.3 Å². The average Bonchev–Trinajstić information content (AvgIpc) is 2.77. The molecule has 28 heavy (non-hydrogen) atoms. The van der Waals surface area contributed by atoms with Crippen molar-refractivity contribution in [2.24, 2.45) is 0 Å². The molecule has 0 spiro atoms. The highest BCUT2D eigenvalue weighted by molar-refractivity contribution is 5.81. The van der Waals surface area contributed by atoms with Gasteiger partial charge in [-0.2, -0.15) is 0 Å². The van der Waals surface area contributed by atoms with E-state index in [2.05, 4.69) is 16.3 Å². The number of hydrogen-bond donors (Lipinski definition) is 1. The van der Waals surface area contributed by atoms with Crippen LogP contribution >= 0.6 is 0 Å². The summed E-state index contributed by atoms with van der Waals surface area (Å²) < 4.78 is 16.6. The topological polar surface area (TPSA) is 63.3 Å². The highest BCUT2D eigenvalue weighted by Gasteiger charge is 2.22. The second kappa shape index (κ2) is 8.29. The Labute approximate surface area is 164 Å². The average molecular weight is 383 g/mol. The molecule has 7 heteroatoms. The van der Waals surface area contributed by atoms with Gasteiger partial charge in [-0.3, -0.25) is 4.79 Å². The quantitative estimate of drug-likeness (QED) is 0.854. The van der Waals surface area contributed by atoms with Crippen LogP contribution in [-0.2, 0) is 4.79 Å². The van der Waals surface area contributed by atoms with Crippen LogP contribution in [0.15, 0.2) is 42.5 Å². The molecule has 0 unspecified atom stereocenters. The van der Waals surface area contributed by atoms with Crippen molar-refractivity contribution in [3.8, 4) is 17.2 Å². The summed E-state index contributed by atoms with van der Waals surface area (Å²) in [5.41, 5.74) is 1.93. The predicted octanol–water partition coefficient (Wildman–Crippen LogP) is 2.23. The first-order chi connectivity index (χ1) is 13.7. The highest BCUT2D eigenvalue weighted by atomic mass is 16.6. The molecule has 0 saturated carbocycles. The Balaban J connectivity index is 1.30. The minimum Gasteiger partial charge on any atom is -0.495 e. The molecule has 2 aromatic rings. The third-order valence-corrected chi connectivity index (χ3v) is 5.04. The van der Waals surface area contributed by atoms with Gasteiger partial charge in [-0.25, -0.2) is 0 Å². The predicted molar refractivity (Wildman–Crippen MR) is 108 cm³/mol. The molecule has 1 fully saturated rings. The number of ether oxygens (including phenoxy) is 3. The second-order valence-electron chi connectivity index (χ2n) is 6.75. The van der Waals surface area contributed by atoms with Crippen LogP contribution in [0, 0.1) is 0 Å². The van der Waals surface area contributed by atoms with Crippen molar-refractivity contribution < 1.29 is 19.0 Å². The van der Waals surface area contributed by atoms with Gasteiger partial charge in [-0.15, -0.1) is 0 Å². The molecule has 0 bridgehead atoms. The fraction of sp³-hybridized carbons (Fsp3) is 0.381. The smallest absolute Gasteiger partial charge is 0.241 e. The summed E-state index contributed by atoms with van der Waals surface area (Å²) in [6.45, 7) is 4.34. The number of nitrogens with one attached hydrogen (secondary N) is 1. The van der Waals surface area contributed by atoms with Crippen LogP contribution in [0.2, 0.25) is 0 Å². The zero-order chi connectivity index (χ0) is 19.3. The van der Waals surface area contributed by atoms with E-state index in [-0.39, 0.29) is 12.5 Å². The summed E-state index contributed by atoms with van der Waals surface area (Å²) in [5, 5.41) is 3.19. The fourth-order valence-corrected chi connectivity index (χ4v) is 3.53. The lowest BCUT2D eigenvalue weighted by Crippen LogP contribution is -2.50. The second-order valence-corrected chi connectivity index (χ2v) is 6.75. The van der Waals surface area contributed by atoms with Gasteiger partial charge in [0, 0.05) is 37.9 Å². The van der Waals surface area contributed by atoms with Gasteiger partial charge in [-0.05, 0) is 24.3 Å². The van der Waals surface area contributed by atoms with Crippen molar-refractivity contribution in [2.45, 2.75) is 0 Å². The molecule has 148 valence electrons. The van der Waals surface area contributed by atoms with Crippen molar-refractivity contribution in [3.63, 3.8) is 0 Å². The lowest BCUT2D eigenvalue weighted by atomic mass is 10.2. The summed E-state index contributed by atoms with van der Waals surface area (Å²) in [5.74, 6) is 2.42. The Bertz CT molecular complexity index is 834. The molecule has 0 aromatic heterocycles. The molecule has 2 heterocycles. The number of methoxy groups -OCH3 is 1. The lowest BCUT2D eigenvalue weighted by Gasteiger charge is -2.36. The number of anilines is 2. The van der Waals surface area contributed by atoms with E-state index >= 15 is 0 Å². The van der Waals surface area contributed by atoms with Crippen LogP contribution in [0.1, 0.15) is 0 Å². The Morgan fingerprint density at radius 3 is 2.57 bits per heavy atom. The van der Waals surface area contributed by atoms with Gasteiger partial charge in [0.2, 0.25) is 5.91 Å². The van der Waals surface area contributed by atoms with Gasteiger partial charge in [0.15, 0.2) is 11.5 Å². The summed E-state index contributed by atoms with van der Waals surface area (Å²) in [7, 11) is 1.68. The Hall–Kier alpha value is -3.09. The Morgan fingerprint density at radius 1 is 1.04 bits per heavy atom. The normalized spacial score (nSPS) is 15.9. The van der Waals surface area contributed by atoms with Gasteiger partial charge in [0.25, 0.3) is 0 Å². The standard InChI is InChI=1S/C21H25N3O4/c1-26-18-5-3-2-4-17(18)23-8-10-24(11-9-23)21(25)15-22-16-6-7-19-20(14-16)28-13-12-27-19/h2-7,14,22H,8-13,15H2,1H3. The first-order valence-electron chi connectivity index (χ1n) is 9.54. The molecule has 1 saturated heterocycles. The molecule has 1 N–H and O–H groups in total. The van der Waals surface area contributed by atoms with Crippen molar-refractivity contribution >= 4 is 17.3 Å². The SMILES string of the molecule is COc1ccccc1N1CCN(C(=O)CNc2ccc3c(c2)OCCO3)CC1. The number of nitrogens with zero attached hydrogens (tertiary/aromatic N) is 2. The van der Waals surface area contributed by atoms with Crippen LogP contribution in [0.5, 0.6) is 17.2 Å².